The number of rotatable bonds is 1. The van der Waals surface area contributed by atoms with Gasteiger partial charge in [0.2, 0.25) is 0 Å². The number of fused-ring (bicyclic) bond motifs is 2. The molecule has 0 saturated carbocycles. The molecular formula is C17H13NOS. The second-order valence-electron chi connectivity index (χ2n) is 4.98. The Balaban J connectivity index is 1.80. The van der Waals surface area contributed by atoms with Crippen molar-refractivity contribution in [3.05, 3.63) is 70.7 Å². The van der Waals surface area contributed by atoms with E-state index in [2.05, 4.69) is 23.2 Å². The fraction of sp³-hybridized carbons (Fsp3) is 0.118. The van der Waals surface area contributed by atoms with Gasteiger partial charge in [0.1, 0.15) is 5.01 Å². The lowest BCUT2D eigenvalue weighted by Crippen LogP contribution is -2.13. The highest BCUT2D eigenvalue weighted by molar-refractivity contribution is 7.18. The highest BCUT2D eigenvalue weighted by Gasteiger charge is 2.27. The molecule has 2 unspecified atom stereocenters. The van der Waals surface area contributed by atoms with Crippen LogP contribution in [-0.2, 0) is 0 Å². The molecule has 0 aliphatic heterocycles. The molecular weight excluding hydrogens is 266 g/mol. The molecule has 4 rings (SSSR count). The first-order valence-electron chi connectivity index (χ1n) is 6.63. The van der Waals surface area contributed by atoms with Crippen LogP contribution in [0.15, 0.2) is 54.6 Å². The van der Waals surface area contributed by atoms with Crippen LogP contribution >= 0.6 is 11.3 Å². The molecule has 0 fully saturated rings. The van der Waals surface area contributed by atoms with Crippen molar-refractivity contribution in [1.29, 1.82) is 0 Å². The molecule has 1 N–H and O–H groups in total. The molecule has 1 aromatic heterocycles. The van der Waals surface area contributed by atoms with Crippen molar-refractivity contribution in [1.82, 2.24) is 4.98 Å². The highest BCUT2D eigenvalue weighted by Crippen LogP contribution is 2.40. The van der Waals surface area contributed by atoms with Crippen LogP contribution in [-0.4, -0.2) is 10.1 Å². The quantitative estimate of drug-likeness (QED) is 0.726. The minimum absolute atomic E-state index is 0.0534. The van der Waals surface area contributed by atoms with Crippen molar-refractivity contribution in [2.45, 2.75) is 12.0 Å². The zero-order valence-corrected chi connectivity index (χ0v) is 11.5. The van der Waals surface area contributed by atoms with Crippen molar-refractivity contribution < 1.29 is 5.11 Å². The fourth-order valence-corrected chi connectivity index (χ4v) is 3.77. The Bertz CT molecular complexity index is 772. The summed E-state index contributed by atoms with van der Waals surface area (Å²) in [5.74, 6) is -0.0534. The third-order valence-electron chi connectivity index (χ3n) is 3.73. The lowest BCUT2D eigenvalue weighted by Gasteiger charge is -2.24. The number of benzene rings is 2. The van der Waals surface area contributed by atoms with E-state index in [0.717, 1.165) is 21.7 Å². The molecule has 3 heteroatoms. The summed E-state index contributed by atoms with van der Waals surface area (Å²) in [4.78, 5) is 4.67. The van der Waals surface area contributed by atoms with Gasteiger partial charge in [-0.25, -0.2) is 4.98 Å². The van der Waals surface area contributed by atoms with Crippen LogP contribution in [0.3, 0.4) is 0 Å². The molecule has 98 valence electrons. The summed E-state index contributed by atoms with van der Waals surface area (Å²) in [6.45, 7) is 0. The number of para-hydroxylation sites is 1. The van der Waals surface area contributed by atoms with Crippen LogP contribution in [0, 0.1) is 0 Å². The Hall–Kier alpha value is -1.97. The third-order valence-corrected chi connectivity index (χ3v) is 4.87. The van der Waals surface area contributed by atoms with Gasteiger partial charge in [-0.15, -0.1) is 11.3 Å². The van der Waals surface area contributed by atoms with Crippen molar-refractivity contribution in [3.63, 3.8) is 0 Å². The molecule has 0 radical (unpaired) electrons. The van der Waals surface area contributed by atoms with Gasteiger partial charge >= 0.3 is 0 Å². The fourth-order valence-electron chi connectivity index (χ4n) is 2.69. The molecule has 2 aromatic carbocycles. The van der Waals surface area contributed by atoms with Crippen molar-refractivity contribution >= 4 is 27.6 Å². The number of thiazole rings is 1. The number of aliphatic hydroxyl groups is 1. The van der Waals surface area contributed by atoms with E-state index in [1.54, 1.807) is 11.3 Å². The summed E-state index contributed by atoms with van der Waals surface area (Å²) < 4.78 is 1.17. The Morgan fingerprint density at radius 1 is 1.00 bits per heavy atom. The van der Waals surface area contributed by atoms with E-state index in [4.69, 9.17) is 0 Å². The van der Waals surface area contributed by atoms with Crippen LogP contribution in [0.5, 0.6) is 0 Å². The van der Waals surface area contributed by atoms with E-state index in [-0.39, 0.29) is 5.92 Å². The standard InChI is InChI=1S/C17H13NOS/c19-16-12-6-2-1-5-11(12)9-10-13(16)17-18-14-7-3-4-8-15(14)20-17/h1-10,13,16,19H. The van der Waals surface area contributed by atoms with Gasteiger partial charge in [0.05, 0.1) is 22.2 Å². The normalized spacial score (nSPS) is 21.1. The molecule has 1 heterocycles. The van der Waals surface area contributed by atoms with Gasteiger partial charge in [0.15, 0.2) is 0 Å². The molecule has 0 bridgehead atoms. The molecule has 20 heavy (non-hydrogen) atoms. The Morgan fingerprint density at radius 3 is 2.70 bits per heavy atom. The smallest absolute Gasteiger partial charge is 0.104 e. The van der Waals surface area contributed by atoms with Crippen LogP contribution in [0.2, 0.25) is 0 Å². The van der Waals surface area contributed by atoms with Crippen molar-refractivity contribution in [2.75, 3.05) is 0 Å². The van der Waals surface area contributed by atoms with E-state index in [1.807, 2.05) is 42.5 Å². The SMILES string of the molecule is OC1c2ccccc2C=CC1c1nc2ccccc2s1. The molecule has 1 aliphatic rings. The summed E-state index contributed by atoms with van der Waals surface area (Å²) in [5.41, 5.74) is 3.09. The highest BCUT2D eigenvalue weighted by atomic mass is 32.1. The number of aliphatic hydroxyl groups excluding tert-OH is 1. The maximum atomic E-state index is 10.6. The van der Waals surface area contributed by atoms with Crippen molar-refractivity contribution in [2.24, 2.45) is 0 Å². The number of aromatic nitrogens is 1. The summed E-state index contributed by atoms with van der Waals surface area (Å²) in [6.07, 6.45) is 3.63. The maximum Gasteiger partial charge on any atom is 0.104 e. The minimum atomic E-state index is -0.517. The zero-order chi connectivity index (χ0) is 13.5. The first-order chi connectivity index (χ1) is 9.83. The molecule has 3 aromatic rings. The van der Waals surface area contributed by atoms with Gasteiger partial charge in [0, 0.05) is 0 Å². The van der Waals surface area contributed by atoms with E-state index in [1.165, 1.54) is 4.70 Å². The van der Waals surface area contributed by atoms with Crippen molar-refractivity contribution in [3.8, 4) is 0 Å². The minimum Gasteiger partial charge on any atom is -0.387 e. The van der Waals surface area contributed by atoms with Gasteiger partial charge in [0.25, 0.3) is 0 Å². The second kappa shape index (κ2) is 4.54. The lowest BCUT2D eigenvalue weighted by atomic mass is 9.87. The Labute approximate surface area is 121 Å². The average molecular weight is 279 g/mol. The molecule has 2 atom stereocenters. The van der Waals surface area contributed by atoms with Gasteiger partial charge in [-0.2, -0.15) is 0 Å². The summed E-state index contributed by atoms with van der Waals surface area (Å²) in [5, 5.41) is 11.6. The third kappa shape index (κ3) is 1.79. The molecule has 0 spiro atoms. The first kappa shape index (κ1) is 11.8. The van der Waals surface area contributed by atoms with Crippen LogP contribution < -0.4 is 0 Å². The van der Waals surface area contributed by atoms with Crippen LogP contribution in [0.25, 0.3) is 16.3 Å². The van der Waals surface area contributed by atoms with Crippen LogP contribution in [0.1, 0.15) is 28.2 Å². The predicted molar refractivity (Wildman–Crippen MR) is 82.8 cm³/mol. The molecule has 0 amide bonds. The average Bonchev–Trinajstić information content (AvgIpc) is 2.91. The molecule has 1 aliphatic carbocycles. The maximum absolute atomic E-state index is 10.6. The number of nitrogens with zero attached hydrogens (tertiary/aromatic N) is 1. The van der Waals surface area contributed by atoms with E-state index < -0.39 is 6.10 Å². The van der Waals surface area contributed by atoms with E-state index >= 15 is 0 Å². The monoisotopic (exact) mass is 279 g/mol. The second-order valence-corrected chi connectivity index (χ2v) is 6.04. The Kier molecular flexibility index (Phi) is 2.69. The van der Waals surface area contributed by atoms with Gasteiger partial charge in [-0.1, -0.05) is 48.6 Å². The summed E-state index contributed by atoms with van der Waals surface area (Å²) >= 11 is 1.66. The Morgan fingerprint density at radius 2 is 1.80 bits per heavy atom. The summed E-state index contributed by atoms with van der Waals surface area (Å²) in [6, 6.07) is 16.1. The van der Waals surface area contributed by atoms with E-state index in [9.17, 15) is 5.11 Å². The first-order valence-corrected chi connectivity index (χ1v) is 7.45. The van der Waals surface area contributed by atoms with Gasteiger partial charge in [-0.3, -0.25) is 0 Å². The van der Waals surface area contributed by atoms with Gasteiger partial charge < -0.3 is 5.11 Å². The lowest BCUT2D eigenvalue weighted by molar-refractivity contribution is 0.160. The zero-order valence-electron chi connectivity index (χ0n) is 10.7. The van der Waals surface area contributed by atoms with Gasteiger partial charge in [-0.05, 0) is 23.3 Å². The molecule has 0 saturated heterocycles. The molecule has 2 nitrogen and oxygen atoms in total. The number of hydrogen-bond acceptors (Lipinski definition) is 3. The largest absolute Gasteiger partial charge is 0.387 e. The van der Waals surface area contributed by atoms with E-state index in [0.29, 0.717) is 0 Å². The summed E-state index contributed by atoms with van der Waals surface area (Å²) in [7, 11) is 0. The predicted octanol–water partition coefficient (Wildman–Crippen LogP) is 4.14. The topological polar surface area (TPSA) is 33.1 Å². The van der Waals surface area contributed by atoms with Crippen LogP contribution in [0.4, 0.5) is 0 Å². The number of hydrogen-bond donors (Lipinski definition) is 1.